The third-order valence-corrected chi connectivity index (χ3v) is 2.97. The average Bonchev–Trinajstić information content (AvgIpc) is 3.00. The Morgan fingerprint density at radius 1 is 1.53 bits per heavy atom. The highest BCUT2D eigenvalue weighted by molar-refractivity contribution is 7.08. The fraction of sp³-hybridized carbons (Fsp3) is 0.250. The zero-order valence-corrected chi connectivity index (χ0v) is 11.2. The quantitative estimate of drug-likeness (QED) is 0.868. The van der Waals surface area contributed by atoms with E-state index in [-0.39, 0.29) is 0 Å². The van der Waals surface area contributed by atoms with Gasteiger partial charge in [0.15, 0.2) is 11.9 Å². The van der Waals surface area contributed by atoms with Crippen LogP contribution in [-0.4, -0.2) is 23.1 Å². The van der Waals surface area contributed by atoms with Crippen molar-refractivity contribution in [3.05, 3.63) is 34.2 Å². The van der Waals surface area contributed by atoms with Crippen LogP contribution < -0.4 is 5.32 Å². The van der Waals surface area contributed by atoms with E-state index in [0.717, 1.165) is 0 Å². The van der Waals surface area contributed by atoms with E-state index < -0.39 is 18.0 Å². The van der Waals surface area contributed by atoms with Crippen molar-refractivity contribution in [1.29, 1.82) is 0 Å². The molecule has 7 heteroatoms. The van der Waals surface area contributed by atoms with E-state index in [4.69, 9.17) is 9.26 Å². The number of hydrogen-bond acceptors (Lipinski definition) is 6. The second kappa shape index (κ2) is 5.66. The molecular weight excluding hydrogens is 268 g/mol. The van der Waals surface area contributed by atoms with Crippen molar-refractivity contribution in [2.24, 2.45) is 0 Å². The Kier molecular flexibility index (Phi) is 3.96. The first-order valence-electron chi connectivity index (χ1n) is 5.53. The van der Waals surface area contributed by atoms with Crippen LogP contribution in [0, 0.1) is 6.92 Å². The molecule has 0 fully saturated rings. The molecule has 0 aliphatic rings. The van der Waals surface area contributed by atoms with Gasteiger partial charge in [-0.05, 0) is 25.3 Å². The van der Waals surface area contributed by atoms with Crippen LogP contribution in [0.5, 0.6) is 0 Å². The van der Waals surface area contributed by atoms with Crippen LogP contribution >= 0.6 is 11.3 Å². The van der Waals surface area contributed by atoms with E-state index in [1.165, 1.54) is 18.3 Å². The van der Waals surface area contributed by atoms with E-state index in [9.17, 15) is 9.59 Å². The number of nitrogens with one attached hydrogen (secondary N) is 1. The van der Waals surface area contributed by atoms with Crippen molar-refractivity contribution < 1.29 is 18.8 Å². The highest BCUT2D eigenvalue weighted by Crippen LogP contribution is 2.11. The van der Waals surface area contributed by atoms with Crippen molar-refractivity contribution in [2.45, 2.75) is 20.0 Å². The lowest BCUT2D eigenvalue weighted by Crippen LogP contribution is -2.30. The number of thiophene rings is 1. The summed E-state index contributed by atoms with van der Waals surface area (Å²) >= 11 is 1.38. The van der Waals surface area contributed by atoms with Crippen LogP contribution in [0.4, 0.5) is 5.82 Å². The number of carbonyl (C=O) groups is 2. The van der Waals surface area contributed by atoms with Crippen LogP contribution in [0.15, 0.2) is 27.4 Å². The van der Waals surface area contributed by atoms with Gasteiger partial charge in [-0.15, -0.1) is 0 Å². The normalized spacial score (nSPS) is 11.9. The smallest absolute Gasteiger partial charge is 0.339 e. The SMILES string of the molecule is Cc1cc(NC(=O)[C@@H](C)OC(=O)c2ccsc2)no1. The molecule has 0 aromatic carbocycles. The van der Waals surface area contributed by atoms with Crippen molar-refractivity contribution >= 4 is 29.0 Å². The number of amides is 1. The van der Waals surface area contributed by atoms with Gasteiger partial charge in [-0.1, -0.05) is 5.16 Å². The largest absolute Gasteiger partial charge is 0.449 e. The Bertz CT molecular complexity index is 576. The van der Waals surface area contributed by atoms with Crippen molar-refractivity contribution in [3.63, 3.8) is 0 Å². The third kappa shape index (κ3) is 3.41. The number of carbonyl (C=O) groups excluding carboxylic acids is 2. The summed E-state index contributed by atoms with van der Waals surface area (Å²) in [7, 11) is 0. The first kappa shape index (κ1) is 13.3. The van der Waals surface area contributed by atoms with Gasteiger partial charge in [0.2, 0.25) is 0 Å². The van der Waals surface area contributed by atoms with Crippen LogP contribution in [0.2, 0.25) is 0 Å². The molecule has 0 saturated heterocycles. The van der Waals surface area contributed by atoms with Gasteiger partial charge in [-0.3, -0.25) is 4.79 Å². The van der Waals surface area contributed by atoms with Gasteiger partial charge < -0.3 is 14.6 Å². The molecule has 1 amide bonds. The number of anilines is 1. The van der Waals surface area contributed by atoms with Crippen LogP contribution in [0.25, 0.3) is 0 Å². The summed E-state index contributed by atoms with van der Waals surface area (Å²) in [5, 5.41) is 9.54. The number of aromatic nitrogens is 1. The zero-order chi connectivity index (χ0) is 13.8. The van der Waals surface area contributed by atoms with Crippen LogP contribution in [-0.2, 0) is 9.53 Å². The summed E-state index contributed by atoms with van der Waals surface area (Å²) < 4.78 is 9.85. The molecule has 0 unspecified atom stereocenters. The van der Waals surface area contributed by atoms with Gasteiger partial charge in [0.1, 0.15) is 5.76 Å². The zero-order valence-electron chi connectivity index (χ0n) is 10.4. The lowest BCUT2D eigenvalue weighted by Gasteiger charge is -2.11. The molecule has 6 nitrogen and oxygen atoms in total. The number of nitrogens with zero attached hydrogens (tertiary/aromatic N) is 1. The number of aryl methyl sites for hydroxylation is 1. The molecule has 0 aliphatic heterocycles. The van der Waals surface area contributed by atoms with Gasteiger partial charge >= 0.3 is 5.97 Å². The van der Waals surface area contributed by atoms with Crippen LogP contribution in [0.3, 0.4) is 0 Å². The molecule has 0 saturated carbocycles. The molecule has 2 aromatic rings. The number of rotatable bonds is 4. The van der Waals surface area contributed by atoms with E-state index in [1.54, 1.807) is 29.8 Å². The van der Waals surface area contributed by atoms with E-state index in [0.29, 0.717) is 17.1 Å². The Morgan fingerprint density at radius 3 is 2.89 bits per heavy atom. The molecule has 19 heavy (non-hydrogen) atoms. The lowest BCUT2D eigenvalue weighted by molar-refractivity contribution is -0.123. The van der Waals surface area contributed by atoms with E-state index in [2.05, 4.69) is 10.5 Å². The number of esters is 1. The van der Waals surface area contributed by atoms with E-state index >= 15 is 0 Å². The molecule has 0 aliphatic carbocycles. The second-order valence-electron chi connectivity index (χ2n) is 3.87. The maximum absolute atomic E-state index is 11.8. The summed E-state index contributed by atoms with van der Waals surface area (Å²) in [6.07, 6.45) is -0.913. The Balaban J connectivity index is 1.91. The monoisotopic (exact) mass is 280 g/mol. The van der Waals surface area contributed by atoms with Crippen molar-refractivity contribution in [3.8, 4) is 0 Å². The fourth-order valence-electron chi connectivity index (χ4n) is 1.32. The Hall–Kier alpha value is -2.15. The molecule has 1 atom stereocenters. The summed E-state index contributed by atoms with van der Waals surface area (Å²) in [6.45, 7) is 3.20. The van der Waals surface area contributed by atoms with Gasteiger partial charge in [0.25, 0.3) is 5.91 Å². The second-order valence-corrected chi connectivity index (χ2v) is 4.65. The maximum Gasteiger partial charge on any atom is 0.339 e. The predicted octanol–water partition coefficient (Wildman–Crippen LogP) is 2.23. The molecular formula is C12H12N2O4S. The highest BCUT2D eigenvalue weighted by atomic mass is 32.1. The topological polar surface area (TPSA) is 81.4 Å². The lowest BCUT2D eigenvalue weighted by atomic mass is 10.3. The summed E-state index contributed by atoms with van der Waals surface area (Å²) in [5.41, 5.74) is 0.432. The fourth-order valence-corrected chi connectivity index (χ4v) is 1.94. The maximum atomic E-state index is 11.8. The summed E-state index contributed by atoms with van der Waals surface area (Å²) in [4.78, 5) is 23.4. The van der Waals surface area contributed by atoms with Crippen molar-refractivity contribution in [1.82, 2.24) is 5.16 Å². The standard InChI is InChI=1S/C12H12N2O4S/c1-7-5-10(14-18-7)13-11(15)8(2)17-12(16)9-3-4-19-6-9/h3-6,8H,1-2H3,(H,13,14,15)/t8-/m1/s1. The number of ether oxygens (including phenoxy) is 1. The molecule has 2 rings (SSSR count). The van der Waals surface area contributed by atoms with Gasteiger partial charge in [-0.2, -0.15) is 11.3 Å². The third-order valence-electron chi connectivity index (χ3n) is 2.29. The van der Waals surface area contributed by atoms with E-state index in [1.807, 2.05) is 0 Å². The van der Waals surface area contributed by atoms with Crippen LogP contribution in [0.1, 0.15) is 23.0 Å². The molecule has 2 heterocycles. The summed E-state index contributed by atoms with van der Waals surface area (Å²) in [5.74, 6) is -0.115. The first-order chi connectivity index (χ1) is 9.06. The average molecular weight is 280 g/mol. The van der Waals surface area contributed by atoms with Gasteiger partial charge in [0, 0.05) is 11.4 Å². The predicted molar refractivity (Wildman–Crippen MR) is 69.1 cm³/mol. The molecule has 0 radical (unpaired) electrons. The molecule has 0 spiro atoms. The molecule has 100 valence electrons. The van der Waals surface area contributed by atoms with Crippen molar-refractivity contribution in [2.75, 3.05) is 5.32 Å². The number of hydrogen-bond donors (Lipinski definition) is 1. The molecule has 2 aromatic heterocycles. The Morgan fingerprint density at radius 2 is 2.32 bits per heavy atom. The highest BCUT2D eigenvalue weighted by Gasteiger charge is 2.20. The molecule has 1 N–H and O–H groups in total. The summed E-state index contributed by atoms with van der Waals surface area (Å²) in [6, 6.07) is 3.21. The van der Waals surface area contributed by atoms with Gasteiger partial charge in [-0.25, -0.2) is 4.79 Å². The first-order valence-corrected chi connectivity index (χ1v) is 6.48. The minimum atomic E-state index is -0.913. The Labute approximate surface area is 113 Å². The van der Waals surface area contributed by atoms with Gasteiger partial charge in [0.05, 0.1) is 5.56 Å². The minimum Gasteiger partial charge on any atom is -0.449 e. The molecule has 0 bridgehead atoms. The minimum absolute atomic E-state index is 0.293.